The second-order valence-corrected chi connectivity index (χ2v) is 2.21. The summed E-state index contributed by atoms with van der Waals surface area (Å²) in [5.41, 5.74) is 6.05. The summed E-state index contributed by atoms with van der Waals surface area (Å²) in [6.45, 7) is 0.402. The fourth-order valence-corrected chi connectivity index (χ4v) is 0.900. The van der Waals surface area contributed by atoms with Crippen molar-refractivity contribution in [1.29, 1.82) is 0 Å². The van der Waals surface area contributed by atoms with Crippen LogP contribution in [0.1, 0.15) is 5.69 Å². The molecule has 0 aromatic carbocycles. The van der Waals surface area contributed by atoms with Crippen LogP contribution in [-0.2, 0) is 13.6 Å². The van der Waals surface area contributed by atoms with Crippen LogP contribution in [0.2, 0.25) is 5.02 Å². The number of aryl methyl sites for hydroxylation is 1. The first kappa shape index (κ1) is 6.58. The smallest absolute Gasteiger partial charge is 0.0946 e. The molecule has 0 amide bonds. The highest BCUT2D eigenvalue weighted by atomic mass is 35.5. The lowest BCUT2D eigenvalue weighted by atomic mass is 10.4. The van der Waals surface area contributed by atoms with Gasteiger partial charge in [-0.15, -0.1) is 0 Å². The van der Waals surface area contributed by atoms with Crippen LogP contribution < -0.4 is 5.73 Å². The summed E-state index contributed by atoms with van der Waals surface area (Å²) in [4.78, 5) is 0. The van der Waals surface area contributed by atoms with Crippen molar-refractivity contribution in [1.82, 2.24) is 9.78 Å². The Bertz CT molecular complexity index is 206. The molecule has 0 aliphatic rings. The minimum absolute atomic E-state index is 0.402. The van der Waals surface area contributed by atoms with Crippen LogP contribution in [0, 0.1) is 0 Å². The first-order valence-electron chi connectivity index (χ1n) is 2.62. The highest BCUT2D eigenvalue weighted by Gasteiger charge is 2.00. The van der Waals surface area contributed by atoms with Gasteiger partial charge in [-0.3, -0.25) is 4.68 Å². The lowest BCUT2D eigenvalue weighted by molar-refractivity contribution is 0.742. The Morgan fingerprint density at radius 1 is 1.89 bits per heavy atom. The molecule has 50 valence electrons. The number of hydrogen-bond donors (Lipinski definition) is 1. The number of nitrogens with two attached hydrogens (primary N) is 1. The van der Waals surface area contributed by atoms with Crippen molar-refractivity contribution in [2.75, 3.05) is 0 Å². The van der Waals surface area contributed by atoms with Gasteiger partial charge in [0.15, 0.2) is 0 Å². The van der Waals surface area contributed by atoms with Gasteiger partial charge >= 0.3 is 0 Å². The lowest BCUT2D eigenvalue weighted by Gasteiger charge is -1.85. The zero-order valence-electron chi connectivity index (χ0n) is 5.13. The van der Waals surface area contributed by atoms with Crippen LogP contribution in [0.5, 0.6) is 0 Å². The minimum atomic E-state index is 0.402. The molecule has 0 radical (unpaired) electrons. The Hall–Kier alpha value is -0.540. The average molecular weight is 146 g/mol. The summed E-state index contributed by atoms with van der Waals surface area (Å²) in [7, 11) is 1.81. The van der Waals surface area contributed by atoms with Crippen molar-refractivity contribution < 1.29 is 0 Å². The average Bonchev–Trinajstić information content (AvgIpc) is 2.10. The van der Waals surface area contributed by atoms with Gasteiger partial charge in [0.2, 0.25) is 0 Å². The summed E-state index contributed by atoms with van der Waals surface area (Å²) in [5, 5.41) is 4.63. The van der Waals surface area contributed by atoms with E-state index in [0.717, 1.165) is 5.69 Å². The number of hydrogen-bond acceptors (Lipinski definition) is 2. The second kappa shape index (κ2) is 2.37. The van der Waals surface area contributed by atoms with Crippen LogP contribution in [0.15, 0.2) is 6.20 Å². The van der Waals surface area contributed by atoms with E-state index in [2.05, 4.69) is 5.10 Å². The van der Waals surface area contributed by atoms with E-state index >= 15 is 0 Å². The molecular weight excluding hydrogens is 138 g/mol. The zero-order chi connectivity index (χ0) is 6.85. The molecule has 0 atom stereocenters. The molecule has 0 saturated carbocycles. The fourth-order valence-electron chi connectivity index (χ4n) is 0.644. The number of halogens is 1. The first-order valence-corrected chi connectivity index (χ1v) is 3.00. The Labute approximate surface area is 58.4 Å². The van der Waals surface area contributed by atoms with Crippen LogP contribution in [0.4, 0.5) is 0 Å². The maximum absolute atomic E-state index is 5.68. The molecule has 1 aromatic rings. The Morgan fingerprint density at radius 2 is 2.56 bits per heavy atom. The van der Waals surface area contributed by atoms with E-state index in [4.69, 9.17) is 17.3 Å². The summed E-state index contributed by atoms with van der Waals surface area (Å²) >= 11 is 5.68. The molecule has 0 spiro atoms. The molecule has 0 aliphatic carbocycles. The third kappa shape index (κ3) is 1.23. The summed E-state index contributed by atoms with van der Waals surface area (Å²) in [6, 6.07) is 0. The van der Waals surface area contributed by atoms with Crippen molar-refractivity contribution in [3.05, 3.63) is 16.9 Å². The highest BCUT2D eigenvalue weighted by Crippen LogP contribution is 2.11. The molecule has 0 unspecified atom stereocenters. The molecule has 1 rings (SSSR count). The van der Waals surface area contributed by atoms with Crippen molar-refractivity contribution in [3.63, 3.8) is 0 Å². The third-order valence-corrected chi connectivity index (χ3v) is 1.36. The number of rotatable bonds is 1. The van der Waals surface area contributed by atoms with Crippen molar-refractivity contribution >= 4 is 11.6 Å². The van der Waals surface area contributed by atoms with Crippen LogP contribution in [0.3, 0.4) is 0 Å². The van der Waals surface area contributed by atoms with Gasteiger partial charge in [-0.25, -0.2) is 0 Å². The van der Waals surface area contributed by atoms with Gasteiger partial charge in [-0.2, -0.15) is 5.10 Å². The summed E-state index contributed by atoms with van der Waals surface area (Å²) < 4.78 is 1.64. The SMILES string of the molecule is Cn1cc(Cl)c(CN)n1. The predicted molar refractivity (Wildman–Crippen MR) is 36.1 cm³/mol. The molecule has 1 aromatic heterocycles. The van der Waals surface area contributed by atoms with Crippen LogP contribution in [-0.4, -0.2) is 9.78 Å². The molecule has 4 heteroatoms. The van der Waals surface area contributed by atoms with Gasteiger partial charge in [0.05, 0.1) is 10.7 Å². The molecule has 0 fully saturated rings. The summed E-state index contributed by atoms with van der Waals surface area (Å²) in [6.07, 6.45) is 1.73. The third-order valence-electron chi connectivity index (χ3n) is 1.05. The summed E-state index contributed by atoms with van der Waals surface area (Å²) in [5.74, 6) is 0. The van der Waals surface area contributed by atoms with Gasteiger partial charge in [0.25, 0.3) is 0 Å². The van der Waals surface area contributed by atoms with Gasteiger partial charge in [0.1, 0.15) is 0 Å². The van der Waals surface area contributed by atoms with Gasteiger partial charge in [-0.05, 0) is 0 Å². The zero-order valence-corrected chi connectivity index (χ0v) is 5.89. The van der Waals surface area contributed by atoms with E-state index in [1.165, 1.54) is 0 Å². The maximum Gasteiger partial charge on any atom is 0.0946 e. The quantitative estimate of drug-likeness (QED) is 0.627. The molecule has 2 N–H and O–H groups in total. The fraction of sp³-hybridized carbons (Fsp3) is 0.400. The van der Waals surface area contributed by atoms with Crippen LogP contribution in [0.25, 0.3) is 0 Å². The van der Waals surface area contributed by atoms with Crippen molar-refractivity contribution in [2.24, 2.45) is 12.8 Å². The normalized spacial score (nSPS) is 10.1. The monoisotopic (exact) mass is 145 g/mol. The topological polar surface area (TPSA) is 43.8 Å². The standard InChI is InChI=1S/C5H8ClN3/c1-9-3-4(6)5(2-7)8-9/h3H,2,7H2,1H3. The highest BCUT2D eigenvalue weighted by molar-refractivity contribution is 6.31. The largest absolute Gasteiger partial charge is 0.325 e. The van der Waals surface area contributed by atoms with E-state index in [1.807, 2.05) is 7.05 Å². The molecule has 0 saturated heterocycles. The molecule has 3 nitrogen and oxygen atoms in total. The van der Waals surface area contributed by atoms with E-state index in [0.29, 0.717) is 11.6 Å². The Kier molecular flexibility index (Phi) is 1.73. The first-order chi connectivity index (χ1) is 4.24. The molecule has 0 bridgehead atoms. The van der Waals surface area contributed by atoms with Crippen LogP contribution >= 0.6 is 11.6 Å². The molecule has 9 heavy (non-hydrogen) atoms. The van der Waals surface area contributed by atoms with Gasteiger partial charge < -0.3 is 5.73 Å². The van der Waals surface area contributed by atoms with E-state index < -0.39 is 0 Å². The van der Waals surface area contributed by atoms with Gasteiger partial charge in [-0.1, -0.05) is 11.6 Å². The predicted octanol–water partition coefficient (Wildman–Crippen LogP) is 0.532. The Balaban J connectivity index is 3.01. The maximum atomic E-state index is 5.68. The molecular formula is C5H8ClN3. The van der Waals surface area contributed by atoms with E-state index in [1.54, 1.807) is 10.9 Å². The van der Waals surface area contributed by atoms with E-state index in [9.17, 15) is 0 Å². The molecule has 0 aliphatic heterocycles. The molecule has 1 heterocycles. The Morgan fingerprint density at radius 3 is 2.78 bits per heavy atom. The van der Waals surface area contributed by atoms with Crippen molar-refractivity contribution in [2.45, 2.75) is 6.54 Å². The van der Waals surface area contributed by atoms with Crippen molar-refractivity contribution in [3.8, 4) is 0 Å². The second-order valence-electron chi connectivity index (χ2n) is 1.80. The minimum Gasteiger partial charge on any atom is -0.325 e. The van der Waals surface area contributed by atoms with Gasteiger partial charge in [0, 0.05) is 19.8 Å². The van der Waals surface area contributed by atoms with E-state index in [-0.39, 0.29) is 0 Å². The lowest BCUT2D eigenvalue weighted by Crippen LogP contribution is -1.98. The number of nitrogens with zero attached hydrogens (tertiary/aromatic N) is 2. The number of aromatic nitrogens is 2.